The molecule has 0 spiro atoms. The smallest absolute Gasteiger partial charge is 0.234 e. The standard InChI is InChI=1S/C12H16N2O3S/c13-10(12(14)15)7-8-3-4-11-9(6-8)2-1-5-18(11,16)17/h3-4,6,10H,1-2,5,7,13H2,(H2,14,15). The summed E-state index contributed by atoms with van der Waals surface area (Å²) >= 11 is 0. The maximum absolute atomic E-state index is 11.8. The lowest BCUT2D eigenvalue weighted by Gasteiger charge is -2.17. The highest BCUT2D eigenvalue weighted by molar-refractivity contribution is 7.91. The molecule has 0 saturated carbocycles. The zero-order chi connectivity index (χ0) is 13.3. The molecule has 1 aromatic carbocycles. The molecule has 1 atom stereocenters. The fourth-order valence-corrected chi connectivity index (χ4v) is 3.76. The summed E-state index contributed by atoms with van der Waals surface area (Å²) in [6.07, 6.45) is 1.72. The Kier molecular flexibility index (Phi) is 3.41. The van der Waals surface area contributed by atoms with Crippen molar-refractivity contribution in [3.8, 4) is 0 Å². The first kappa shape index (κ1) is 13.0. The highest BCUT2D eigenvalue weighted by atomic mass is 32.2. The van der Waals surface area contributed by atoms with Crippen LogP contribution in [0.3, 0.4) is 0 Å². The Morgan fingerprint density at radius 3 is 2.78 bits per heavy atom. The summed E-state index contributed by atoms with van der Waals surface area (Å²) < 4.78 is 23.6. The van der Waals surface area contributed by atoms with E-state index in [1.54, 1.807) is 12.1 Å². The highest BCUT2D eigenvalue weighted by Crippen LogP contribution is 2.26. The van der Waals surface area contributed by atoms with Gasteiger partial charge in [-0.1, -0.05) is 12.1 Å². The number of primary amides is 1. The molecule has 0 bridgehead atoms. The van der Waals surface area contributed by atoms with Gasteiger partial charge in [0.05, 0.1) is 16.7 Å². The second-order valence-electron chi connectivity index (χ2n) is 4.58. The average molecular weight is 268 g/mol. The van der Waals surface area contributed by atoms with Crippen LogP contribution >= 0.6 is 0 Å². The topological polar surface area (TPSA) is 103 Å². The summed E-state index contributed by atoms with van der Waals surface area (Å²) in [5, 5.41) is 0. The van der Waals surface area contributed by atoms with Gasteiger partial charge in [-0.3, -0.25) is 4.79 Å². The molecule has 98 valence electrons. The minimum Gasteiger partial charge on any atom is -0.368 e. The fourth-order valence-electron chi connectivity index (χ4n) is 2.18. The molecule has 1 amide bonds. The van der Waals surface area contributed by atoms with Gasteiger partial charge in [0, 0.05) is 0 Å². The van der Waals surface area contributed by atoms with Gasteiger partial charge in [-0.05, 0) is 36.5 Å². The van der Waals surface area contributed by atoms with Crippen molar-refractivity contribution in [1.29, 1.82) is 0 Å². The number of nitrogens with two attached hydrogens (primary N) is 2. The molecule has 6 heteroatoms. The number of amides is 1. The molecule has 4 N–H and O–H groups in total. The van der Waals surface area contributed by atoms with Crippen molar-refractivity contribution in [2.75, 3.05) is 5.75 Å². The van der Waals surface area contributed by atoms with Crippen LogP contribution in [-0.2, 0) is 27.5 Å². The molecule has 18 heavy (non-hydrogen) atoms. The van der Waals surface area contributed by atoms with Crippen LogP contribution in [0.5, 0.6) is 0 Å². The van der Waals surface area contributed by atoms with E-state index in [-0.39, 0.29) is 5.75 Å². The number of hydrogen-bond acceptors (Lipinski definition) is 4. The molecule has 1 aliphatic heterocycles. The number of carbonyl (C=O) groups excluding carboxylic acids is 1. The molecule has 1 aliphatic rings. The summed E-state index contributed by atoms with van der Waals surface area (Å²) in [5.41, 5.74) is 12.3. The third-order valence-corrected chi connectivity index (χ3v) is 5.03. The van der Waals surface area contributed by atoms with Crippen LogP contribution in [0.2, 0.25) is 0 Å². The number of hydrogen-bond donors (Lipinski definition) is 2. The van der Waals surface area contributed by atoms with Crippen LogP contribution in [0.15, 0.2) is 23.1 Å². The van der Waals surface area contributed by atoms with Crippen molar-refractivity contribution in [1.82, 2.24) is 0 Å². The van der Waals surface area contributed by atoms with E-state index in [2.05, 4.69) is 0 Å². The fraction of sp³-hybridized carbons (Fsp3) is 0.417. The maximum Gasteiger partial charge on any atom is 0.234 e. The minimum absolute atomic E-state index is 0.208. The van der Waals surface area contributed by atoms with Crippen molar-refractivity contribution >= 4 is 15.7 Å². The number of sulfone groups is 1. The largest absolute Gasteiger partial charge is 0.368 e. The average Bonchev–Trinajstić information content (AvgIpc) is 2.28. The van der Waals surface area contributed by atoms with Gasteiger partial charge >= 0.3 is 0 Å². The van der Waals surface area contributed by atoms with Crippen LogP contribution in [0, 0.1) is 0 Å². The molecule has 1 unspecified atom stereocenters. The summed E-state index contributed by atoms with van der Waals surface area (Å²) in [7, 11) is -3.13. The van der Waals surface area contributed by atoms with Crippen LogP contribution in [0.4, 0.5) is 0 Å². The van der Waals surface area contributed by atoms with Crippen molar-refractivity contribution in [3.63, 3.8) is 0 Å². The Balaban J connectivity index is 2.31. The van der Waals surface area contributed by atoms with E-state index in [0.717, 1.165) is 17.5 Å². The van der Waals surface area contributed by atoms with Gasteiger partial charge in [-0.15, -0.1) is 0 Å². The number of carbonyl (C=O) groups is 1. The van der Waals surface area contributed by atoms with Gasteiger partial charge in [-0.2, -0.15) is 0 Å². The zero-order valence-corrected chi connectivity index (χ0v) is 10.7. The Morgan fingerprint density at radius 1 is 1.39 bits per heavy atom. The predicted octanol–water partition coefficient (Wildman–Crippen LogP) is -0.238. The van der Waals surface area contributed by atoms with E-state index in [1.165, 1.54) is 0 Å². The van der Waals surface area contributed by atoms with Crippen LogP contribution in [-0.4, -0.2) is 26.1 Å². The lowest BCUT2D eigenvalue weighted by molar-refractivity contribution is -0.119. The molecule has 1 heterocycles. The normalized spacial score (nSPS) is 18.9. The van der Waals surface area contributed by atoms with Crippen molar-refractivity contribution in [2.24, 2.45) is 11.5 Å². The van der Waals surface area contributed by atoms with E-state index in [0.29, 0.717) is 17.7 Å². The minimum atomic E-state index is -3.13. The summed E-state index contributed by atoms with van der Waals surface area (Å²) in [6, 6.07) is 4.38. The monoisotopic (exact) mass is 268 g/mol. The third kappa shape index (κ3) is 2.54. The lowest BCUT2D eigenvalue weighted by atomic mass is 10.0. The number of benzene rings is 1. The van der Waals surface area contributed by atoms with Gasteiger partial charge in [0.15, 0.2) is 9.84 Å². The zero-order valence-electron chi connectivity index (χ0n) is 9.93. The van der Waals surface area contributed by atoms with Crippen LogP contribution in [0.1, 0.15) is 17.5 Å². The molecule has 5 nitrogen and oxygen atoms in total. The van der Waals surface area contributed by atoms with Crippen LogP contribution in [0.25, 0.3) is 0 Å². The van der Waals surface area contributed by atoms with Gasteiger partial charge in [-0.25, -0.2) is 8.42 Å². The Labute approximate surface area is 106 Å². The van der Waals surface area contributed by atoms with E-state index in [4.69, 9.17) is 11.5 Å². The van der Waals surface area contributed by atoms with Crippen molar-refractivity contribution in [2.45, 2.75) is 30.2 Å². The molecule has 0 fully saturated rings. The molecule has 0 radical (unpaired) electrons. The third-order valence-electron chi connectivity index (χ3n) is 3.14. The van der Waals surface area contributed by atoms with E-state index in [1.807, 2.05) is 6.07 Å². The quantitative estimate of drug-likeness (QED) is 0.789. The summed E-state index contributed by atoms with van der Waals surface area (Å²) in [5.74, 6) is -0.347. The van der Waals surface area contributed by atoms with Crippen LogP contribution < -0.4 is 11.5 Å². The summed E-state index contributed by atoms with van der Waals surface area (Å²) in [6.45, 7) is 0. The van der Waals surface area contributed by atoms with E-state index < -0.39 is 21.8 Å². The Morgan fingerprint density at radius 2 is 2.11 bits per heavy atom. The van der Waals surface area contributed by atoms with Crippen molar-refractivity contribution in [3.05, 3.63) is 29.3 Å². The molecule has 1 aromatic rings. The molecule has 2 rings (SSSR count). The van der Waals surface area contributed by atoms with Crippen molar-refractivity contribution < 1.29 is 13.2 Å². The van der Waals surface area contributed by atoms with E-state index >= 15 is 0 Å². The SMILES string of the molecule is NC(=O)C(N)Cc1ccc2c(c1)CCCS2(=O)=O. The molecule has 0 saturated heterocycles. The van der Waals surface area contributed by atoms with Gasteiger partial charge < -0.3 is 11.5 Å². The first-order chi connectivity index (χ1) is 8.40. The first-order valence-electron chi connectivity index (χ1n) is 5.79. The Bertz CT molecular complexity index is 581. The van der Waals surface area contributed by atoms with Gasteiger partial charge in [0.2, 0.25) is 5.91 Å². The molecular weight excluding hydrogens is 252 g/mol. The number of fused-ring (bicyclic) bond motifs is 1. The van der Waals surface area contributed by atoms with Gasteiger partial charge in [0.1, 0.15) is 0 Å². The predicted molar refractivity (Wildman–Crippen MR) is 67.7 cm³/mol. The molecular formula is C12H16N2O3S. The second kappa shape index (κ2) is 4.70. The number of rotatable bonds is 3. The maximum atomic E-state index is 11.8. The second-order valence-corrected chi connectivity index (χ2v) is 6.66. The first-order valence-corrected chi connectivity index (χ1v) is 7.45. The molecule has 0 aromatic heterocycles. The summed E-state index contributed by atoms with van der Waals surface area (Å²) in [4.78, 5) is 11.3. The molecule has 0 aliphatic carbocycles. The lowest BCUT2D eigenvalue weighted by Crippen LogP contribution is -2.38. The van der Waals surface area contributed by atoms with Gasteiger partial charge in [0.25, 0.3) is 0 Å². The van der Waals surface area contributed by atoms with E-state index in [9.17, 15) is 13.2 Å². The Hall–Kier alpha value is -1.40. The number of aryl methyl sites for hydroxylation is 1. The highest BCUT2D eigenvalue weighted by Gasteiger charge is 2.23.